The Hall–Kier alpha value is -3.36. The molecule has 1 unspecified atom stereocenters. The third kappa shape index (κ3) is 5.58. The highest BCUT2D eigenvalue weighted by atomic mass is 32.1. The molecular weight excluding hydrogens is 450 g/mol. The van der Waals surface area contributed by atoms with E-state index in [1.807, 2.05) is 78.0 Å². The molecule has 3 aromatic rings. The topological polar surface area (TPSA) is 63.6 Å². The van der Waals surface area contributed by atoms with E-state index in [9.17, 15) is 4.79 Å². The van der Waals surface area contributed by atoms with E-state index >= 15 is 0 Å². The fourth-order valence-electron chi connectivity index (χ4n) is 3.87. The lowest BCUT2D eigenvalue weighted by Gasteiger charge is -2.25. The summed E-state index contributed by atoms with van der Waals surface area (Å²) in [4.78, 5) is 16.4. The fraction of sp³-hybridized carbons (Fsp3) is 0.308. The Bertz CT molecular complexity index is 1120. The van der Waals surface area contributed by atoms with Crippen molar-refractivity contribution in [1.82, 2.24) is 9.91 Å². The highest BCUT2D eigenvalue weighted by molar-refractivity contribution is 7.12. The van der Waals surface area contributed by atoms with Crippen molar-refractivity contribution in [2.75, 3.05) is 41.0 Å². The van der Waals surface area contributed by atoms with Gasteiger partial charge in [0.25, 0.3) is 5.91 Å². The zero-order valence-electron chi connectivity index (χ0n) is 19.6. The van der Waals surface area contributed by atoms with Crippen molar-refractivity contribution < 1.29 is 19.0 Å². The minimum Gasteiger partial charge on any atom is -0.493 e. The molecule has 1 aromatic heterocycles. The van der Waals surface area contributed by atoms with Gasteiger partial charge in [0.2, 0.25) is 0 Å². The van der Waals surface area contributed by atoms with Gasteiger partial charge in [-0.05, 0) is 48.3 Å². The first-order chi connectivity index (χ1) is 16.6. The third-order valence-corrected chi connectivity index (χ3v) is 6.57. The van der Waals surface area contributed by atoms with E-state index in [4.69, 9.17) is 19.3 Å². The zero-order chi connectivity index (χ0) is 23.9. The van der Waals surface area contributed by atoms with Crippen LogP contribution in [0.2, 0.25) is 0 Å². The number of carbonyl (C=O) groups is 1. The normalized spacial score (nSPS) is 15.4. The van der Waals surface area contributed by atoms with Crippen LogP contribution >= 0.6 is 11.3 Å². The molecule has 34 heavy (non-hydrogen) atoms. The van der Waals surface area contributed by atoms with Gasteiger partial charge in [0.1, 0.15) is 12.4 Å². The van der Waals surface area contributed by atoms with Gasteiger partial charge in [0, 0.05) is 13.0 Å². The van der Waals surface area contributed by atoms with Crippen LogP contribution < -0.4 is 14.2 Å². The molecule has 0 radical (unpaired) electrons. The Kier molecular flexibility index (Phi) is 7.82. The summed E-state index contributed by atoms with van der Waals surface area (Å²) in [7, 11) is 5.13. The minimum atomic E-state index is -0.210. The van der Waals surface area contributed by atoms with E-state index in [-0.39, 0.29) is 18.5 Å². The van der Waals surface area contributed by atoms with E-state index in [2.05, 4.69) is 0 Å². The lowest BCUT2D eigenvalue weighted by molar-refractivity contribution is -0.134. The number of rotatable bonds is 10. The molecule has 0 saturated carbocycles. The first kappa shape index (κ1) is 23.8. The number of likely N-dealkylation sites (N-methyl/N-ethyl adjacent to an activating group) is 1. The molecule has 4 rings (SSSR count). The van der Waals surface area contributed by atoms with Crippen molar-refractivity contribution in [3.8, 4) is 17.2 Å². The minimum absolute atomic E-state index is 0.0615. The molecule has 2 heterocycles. The summed E-state index contributed by atoms with van der Waals surface area (Å²) in [5.74, 6) is 2.04. The first-order valence-corrected chi connectivity index (χ1v) is 12.0. The second-order valence-electron chi connectivity index (χ2n) is 8.00. The second-order valence-corrected chi connectivity index (χ2v) is 8.94. The quantitative estimate of drug-likeness (QED) is 0.430. The number of amides is 1. The number of ether oxygens (including phenoxy) is 3. The average Bonchev–Trinajstić information content (AvgIpc) is 3.54. The summed E-state index contributed by atoms with van der Waals surface area (Å²) in [6, 6.07) is 19.3. The van der Waals surface area contributed by atoms with Crippen LogP contribution in [0.25, 0.3) is 0 Å². The van der Waals surface area contributed by atoms with Gasteiger partial charge in [-0.3, -0.25) is 9.69 Å². The zero-order valence-corrected chi connectivity index (χ0v) is 20.5. The average molecular weight is 480 g/mol. The molecule has 1 aliphatic rings. The largest absolute Gasteiger partial charge is 0.493 e. The lowest BCUT2D eigenvalue weighted by atomic mass is 10.0. The standard InChI is InChI=1S/C26H29N3O4S/c1-28(13-14-33-20-8-5-4-6-9-20)18-26(30)29-22(17-21(27-29)25-10-7-15-34-25)19-11-12-23(31-2)24(16-19)32-3/h4-12,15-16,22H,13-14,17-18H2,1-3H3. The molecule has 0 N–H and O–H groups in total. The second kappa shape index (κ2) is 11.2. The van der Waals surface area contributed by atoms with Gasteiger partial charge >= 0.3 is 0 Å². The number of thiophene rings is 1. The van der Waals surface area contributed by atoms with Gasteiger partial charge in [-0.25, -0.2) is 5.01 Å². The Labute approximate surface area is 204 Å². The Morgan fingerprint density at radius 3 is 2.59 bits per heavy atom. The maximum atomic E-state index is 13.3. The number of hydrogen-bond acceptors (Lipinski definition) is 7. The molecule has 178 valence electrons. The van der Waals surface area contributed by atoms with Crippen LogP contribution in [-0.2, 0) is 4.79 Å². The number of hydrazone groups is 1. The molecule has 2 aromatic carbocycles. The number of nitrogens with zero attached hydrogens (tertiary/aromatic N) is 3. The van der Waals surface area contributed by atoms with E-state index in [0.717, 1.165) is 21.9 Å². The molecule has 0 bridgehead atoms. The molecule has 1 amide bonds. The van der Waals surface area contributed by atoms with Crippen molar-refractivity contribution in [3.05, 3.63) is 76.5 Å². The number of benzene rings is 2. The van der Waals surface area contributed by atoms with Crippen molar-refractivity contribution in [2.24, 2.45) is 5.10 Å². The van der Waals surface area contributed by atoms with Crippen LogP contribution in [0.1, 0.15) is 22.9 Å². The SMILES string of the molecule is COc1ccc(C2CC(c3cccs3)=NN2C(=O)CN(C)CCOc2ccccc2)cc1OC. The van der Waals surface area contributed by atoms with Crippen LogP contribution in [0.4, 0.5) is 0 Å². The molecule has 0 fully saturated rings. The predicted molar refractivity (Wildman–Crippen MR) is 134 cm³/mol. The monoisotopic (exact) mass is 479 g/mol. The lowest BCUT2D eigenvalue weighted by Crippen LogP contribution is -2.38. The molecule has 0 spiro atoms. The van der Waals surface area contributed by atoms with Crippen molar-refractivity contribution in [1.29, 1.82) is 0 Å². The number of carbonyl (C=O) groups excluding carboxylic acids is 1. The molecule has 1 atom stereocenters. The summed E-state index contributed by atoms with van der Waals surface area (Å²) in [6.07, 6.45) is 0.641. The Morgan fingerprint density at radius 1 is 1.09 bits per heavy atom. The van der Waals surface area contributed by atoms with Crippen LogP contribution in [0.3, 0.4) is 0 Å². The van der Waals surface area contributed by atoms with Gasteiger partial charge in [0.15, 0.2) is 11.5 Å². The van der Waals surface area contributed by atoms with Crippen LogP contribution in [0, 0.1) is 0 Å². The van der Waals surface area contributed by atoms with Crippen LogP contribution in [-0.4, -0.2) is 62.5 Å². The summed E-state index contributed by atoms with van der Waals surface area (Å²) < 4.78 is 16.6. The highest BCUT2D eigenvalue weighted by Gasteiger charge is 2.34. The van der Waals surface area contributed by atoms with Gasteiger partial charge < -0.3 is 14.2 Å². The van der Waals surface area contributed by atoms with Crippen LogP contribution in [0.15, 0.2) is 71.1 Å². The Balaban J connectivity index is 1.47. The third-order valence-electron chi connectivity index (χ3n) is 5.65. The van der Waals surface area contributed by atoms with E-state index in [1.54, 1.807) is 30.6 Å². The highest BCUT2D eigenvalue weighted by Crippen LogP contribution is 2.37. The first-order valence-electron chi connectivity index (χ1n) is 11.1. The summed E-state index contributed by atoms with van der Waals surface area (Å²) in [5, 5.41) is 8.39. The van der Waals surface area contributed by atoms with Gasteiger partial charge in [0.05, 0.1) is 37.4 Å². The van der Waals surface area contributed by atoms with E-state index < -0.39 is 0 Å². The Morgan fingerprint density at radius 2 is 1.88 bits per heavy atom. The molecular formula is C26H29N3O4S. The molecule has 8 heteroatoms. The number of methoxy groups -OCH3 is 2. The predicted octanol–water partition coefficient (Wildman–Crippen LogP) is 4.45. The van der Waals surface area contributed by atoms with Crippen molar-refractivity contribution in [2.45, 2.75) is 12.5 Å². The molecule has 0 saturated heterocycles. The maximum absolute atomic E-state index is 13.3. The molecule has 7 nitrogen and oxygen atoms in total. The molecule has 1 aliphatic heterocycles. The van der Waals surface area contributed by atoms with E-state index in [0.29, 0.717) is 31.1 Å². The van der Waals surface area contributed by atoms with Gasteiger partial charge in [-0.1, -0.05) is 30.3 Å². The van der Waals surface area contributed by atoms with E-state index in [1.165, 1.54) is 0 Å². The smallest absolute Gasteiger partial charge is 0.257 e. The fourth-order valence-corrected chi connectivity index (χ4v) is 4.59. The number of para-hydroxylation sites is 1. The van der Waals surface area contributed by atoms with Crippen LogP contribution in [0.5, 0.6) is 17.2 Å². The molecule has 0 aliphatic carbocycles. The summed E-state index contributed by atoms with van der Waals surface area (Å²) in [5.41, 5.74) is 1.87. The van der Waals surface area contributed by atoms with Gasteiger partial charge in [-0.2, -0.15) is 5.10 Å². The van der Waals surface area contributed by atoms with Gasteiger partial charge in [-0.15, -0.1) is 11.3 Å². The summed E-state index contributed by atoms with van der Waals surface area (Å²) in [6.45, 7) is 1.36. The summed E-state index contributed by atoms with van der Waals surface area (Å²) >= 11 is 1.63. The number of hydrogen-bond donors (Lipinski definition) is 0. The van der Waals surface area contributed by atoms with Crippen molar-refractivity contribution >= 4 is 23.0 Å². The maximum Gasteiger partial charge on any atom is 0.257 e. The van der Waals surface area contributed by atoms with Crippen molar-refractivity contribution in [3.63, 3.8) is 0 Å².